The third-order valence-electron chi connectivity index (χ3n) is 2.65. The summed E-state index contributed by atoms with van der Waals surface area (Å²) in [6.45, 7) is 1.89. The topological polar surface area (TPSA) is 83.6 Å². The molecule has 0 aliphatic carbocycles. The predicted molar refractivity (Wildman–Crippen MR) is 75.7 cm³/mol. The van der Waals surface area contributed by atoms with Crippen molar-refractivity contribution < 1.29 is 13.0 Å². The van der Waals surface area contributed by atoms with Gasteiger partial charge in [-0.05, 0) is 31.2 Å². The summed E-state index contributed by atoms with van der Waals surface area (Å²) in [5, 5.41) is 0. The van der Waals surface area contributed by atoms with Crippen molar-refractivity contribution in [1.29, 1.82) is 0 Å². The minimum absolute atomic E-state index is 0.217. The van der Waals surface area contributed by atoms with Crippen molar-refractivity contribution in [2.75, 3.05) is 10.0 Å². The van der Waals surface area contributed by atoms with E-state index < -0.39 is 10.3 Å². The zero-order chi connectivity index (χ0) is 14.0. The molecule has 0 aliphatic heterocycles. The van der Waals surface area contributed by atoms with Crippen LogP contribution < -0.4 is 10.0 Å². The Hall–Kier alpha value is -2.05. The quantitative estimate of drug-likeness (QED) is 0.667. The number of nitrogens with two attached hydrogens (primary N) is 1. The maximum absolute atomic E-state index is 11.6. The molecular formula is C13H14N2O3S. The molecule has 3 N–H and O–H groups in total. The summed E-state index contributed by atoms with van der Waals surface area (Å²) < 4.78 is 33.4. The van der Waals surface area contributed by atoms with Gasteiger partial charge in [-0.25, -0.2) is 4.31 Å². The molecule has 6 heteroatoms. The van der Waals surface area contributed by atoms with E-state index in [0.29, 0.717) is 5.69 Å². The number of anilines is 3. The van der Waals surface area contributed by atoms with Crippen molar-refractivity contribution in [1.82, 2.24) is 0 Å². The zero-order valence-corrected chi connectivity index (χ0v) is 11.1. The lowest BCUT2D eigenvalue weighted by Gasteiger charge is -2.22. The van der Waals surface area contributed by atoms with Crippen LogP contribution in [0, 0.1) is 6.92 Å². The Bertz CT molecular complexity index is 681. The van der Waals surface area contributed by atoms with Gasteiger partial charge in [-0.1, -0.05) is 29.8 Å². The molecule has 0 saturated carbocycles. The van der Waals surface area contributed by atoms with Gasteiger partial charge >= 0.3 is 10.3 Å². The van der Waals surface area contributed by atoms with E-state index in [1.54, 1.807) is 42.5 Å². The summed E-state index contributed by atoms with van der Waals surface area (Å²) in [5.74, 6) is 0. The third-order valence-corrected chi connectivity index (χ3v) is 3.52. The fraction of sp³-hybridized carbons (Fsp3) is 0.0769. The Labute approximate surface area is 112 Å². The minimum atomic E-state index is -4.45. The Morgan fingerprint density at radius 2 is 1.63 bits per heavy atom. The van der Waals surface area contributed by atoms with Gasteiger partial charge in [0.2, 0.25) is 0 Å². The highest BCUT2D eigenvalue weighted by molar-refractivity contribution is 7.87. The number of nitrogens with zero attached hydrogens (tertiary/aromatic N) is 1. The minimum Gasteiger partial charge on any atom is -0.397 e. The second-order valence-corrected chi connectivity index (χ2v) is 5.40. The third kappa shape index (κ3) is 2.86. The molecule has 2 aromatic rings. The molecule has 100 valence electrons. The lowest BCUT2D eigenvalue weighted by molar-refractivity contribution is 0.483. The molecule has 0 fully saturated rings. The number of rotatable bonds is 3. The number of aryl methyl sites for hydroxylation is 1. The van der Waals surface area contributed by atoms with E-state index >= 15 is 0 Å². The number of hydrogen-bond acceptors (Lipinski definition) is 3. The lowest BCUT2D eigenvalue weighted by atomic mass is 10.2. The average Bonchev–Trinajstić information content (AvgIpc) is 2.33. The molecule has 0 heterocycles. The van der Waals surface area contributed by atoms with Crippen LogP contribution in [0.25, 0.3) is 0 Å². The first kappa shape index (κ1) is 13.4. The molecular weight excluding hydrogens is 264 g/mol. The highest BCUT2D eigenvalue weighted by Crippen LogP contribution is 2.32. The number of hydrogen-bond donors (Lipinski definition) is 2. The Morgan fingerprint density at radius 1 is 1.05 bits per heavy atom. The molecule has 0 radical (unpaired) electrons. The maximum atomic E-state index is 11.6. The smallest absolute Gasteiger partial charge is 0.364 e. The van der Waals surface area contributed by atoms with Gasteiger partial charge in [0.25, 0.3) is 0 Å². The SMILES string of the molecule is Cc1ccc(N(c2ccccc2N)S(=O)(=O)O)cc1. The first-order chi connectivity index (χ1) is 8.89. The van der Waals surface area contributed by atoms with Crippen LogP contribution in [0.2, 0.25) is 0 Å². The van der Waals surface area contributed by atoms with E-state index in [2.05, 4.69) is 0 Å². The van der Waals surface area contributed by atoms with Crippen molar-refractivity contribution in [3.8, 4) is 0 Å². The number of para-hydroxylation sites is 2. The molecule has 5 nitrogen and oxygen atoms in total. The predicted octanol–water partition coefficient (Wildman–Crippen LogP) is 2.52. The highest BCUT2D eigenvalue weighted by Gasteiger charge is 2.23. The summed E-state index contributed by atoms with van der Waals surface area (Å²) in [7, 11) is -4.45. The van der Waals surface area contributed by atoms with Gasteiger partial charge in [0.15, 0.2) is 0 Å². The fourth-order valence-corrected chi connectivity index (χ4v) is 2.55. The monoisotopic (exact) mass is 278 g/mol. The number of nitrogen functional groups attached to an aromatic ring is 1. The van der Waals surface area contributed by atoms with Crippen molar-refractivity contribution in [3.63, 3.8) is 0 Å². The summed E-state index contributed by atoms with van der Waals surface area (Å²) in [5.41, 5.74) is 7.56. The molecule has 19 heavy (non-hydrogen) atoms. The molecule has 0 atom stereocenters. The van der Waals surface area contributed by atoms with Gasteiger partial charge < -0.3 is 5.73 Å². The van der Waals surface area contributed by atoms with Crippen LogP contribution >= 0.6 is 0 Å². The second-order valence-electron chi connectivity index (χ2n) is 4.14. The highest BCUT2D eigenvalue weighted by atomic mass is 32.2. The van der Waals surface area contributed by atoms with Gasteiger partial charge in [0.05, 0.1) is 17.1 Å². The molecule has 0 unspecified atom stereocenters. The molecule has 2 aromatic carbocycles. The van der Waals surface area contributed by atoms with E-state index in [0.717, 1.165) is 9.87 Å². The van der Waals surface area contributed by atoms with Crippen molar-refractivity contribution >= 4 is 27.4 Å². The van der Waals surface area contributed by atoms with Gasteiger partial charge in [-0.2, -0.15) is 8.42 Å². The average molecular weight is 278 g/mol. The van der Waals surface area contributed by atoms with Crippen LogP contribution in [0.4, 0.5) is 17.1 Å². The standard InChI is InChI=1S/C13H14N2O3S/c1-10-6-8-11(9-7-10)15(19(16,17)18)13-5-3-2-4-12(13)14/h2-9H,14H2,1H3,(H,16,17,18). The first-order valence-electron chi connectivity index (χ1n) is 5.58. The molecule has 0 aromatic heterocycles. The zero-order valence-electron chi connectivity index (χ0n) is 10.3. The molecule has 0 bridgehead atoms. The summed E-state index contributed by atoms with van der Waals surface area (Å²) in [6, 6.07) is 13.2. The van der Waals surface area contributed by atoms with Crippen molar-refractivity contribution in [2.24, 2.45) is 0 Å². The summed E-state index contributed by atoms with van der Waals surface area (Å²) in [4.78, 5) is 0. The Morgan fingerprint density at radius 3 is 2.16 bits per heavy atom. The van der Waals surface area contributed by atoms with Crippen molar-refractivity contribution in [3.05, 3.63) is 54.1 Å². The van der Waals surface area contributed by atoms with Crippen LogP contribution in [0.3, 0.4) is 0 Å². The molecule has 0 aliphatic rings. The van der Waals surface area contributed by atoms with E-state index in [-0.39, 0.29) is 11.4 Å². The van der Waals surface area contributed by atoms with Crippen LogP contribution in [0.15, 0.2) is 48.5 Å². The molecule has 0 spiro atoms. The molecule has 2 rings (SSSR count). The molecule has 0 amide bonds. The van der Waals surface area contributed by atoms with Crippen LogP contribution in [0.1, 0.15) is 5.56 Å². The second kappa shape index (κ2) is 4.91. The largest absolute Gasteiger partial charge is 0.397 e. The lowest BCUT2D eigenvalue weighted by Crippen LogP contribution is -2.25. The van der Waals surface area contributed by atoms with Gasteiger partial charge in [-0.3, -0.25) is 4.55 Å². The Balaban J connectivity index is 2.62. The Kier molecular flexibility index (Phi) is 3.46. The normalized spacial score (nSPS) is 11.3. The maximum Gasteiger partial charge on any atom is 0.364 e. The van der Waals surface area contributed by atoms with Crippen LogP contribution in [0.5, 0.6) is 0 Å². The summed E-state index contributed by atoms with van der Waals surface area (Å²) in [6.07, 6.45) is 0. The van der Waals surface area contributed by atoms with Crippen molar-refractivity contribution in [2.45, 2.75) is 6.92 Å². The van der Waals surface area contributed by atoms with Gasteiger partial charge in [0.1, 0.15) is 0 Å². The summed E-state index contributed by atoms with van der Waals surface area (Å²) >= 11 is 0. The van der Waals surface area contributed by atoms with Crippen LogP contribution in [-0.4, -0.2) is 13.0 Å². The van der Waals surface area contributed by atoms with E-state index in [1.165, 1.54) is 6.07 Å². The fourth-order valence-electron chi connectivity index (χ4n) is 1.75. The molecule has 0 saturated heterocycles. The van der Waals surface area contributed by atoms with Gasteiger partial charge in [0, 0.05) is 0 Å². The van der Waals surface area contributed by atoms with Crippen LogP contribution in [-0.2, 0) is 10.3 Å². The number of benzene rings is 2. The van der Waals surface area contributed by atoms with E-state index in [1.807, 2.05) is 6.92 Å². The van der Waals surface area contributed by atoms with E-state index in [4.69, 9.17) is 5.73 Å². The van der Waals surface area contributed by atoms with Gasteiger partial charge in [-0.15, -0.1) is 0 Å². The first-order valence-corrected chi connectivity index (χ1v) is 6.98. The van der Waals surface area contributed by atoms with E-state index in [9.17, 15) is 13.0 Å².